The van der Waals surface area contributed by atoms with Crippen LogP contribution in [0.3, 0.4) is 0 Å². The fraction of sp³-hybridized carbons (Fsp3) is 0.929. The van der Waals surface area contributed by atoms with Crippen molar-refractivity contribution < 1.29 is 30.0 Å². The van der Waals surface area contributed by atoms with Crippen molar-refractivity contribution in [2.45, 2.75) is 57.3 Å². The van der Waals surface area contributed by atoms with E-state index in [1.54, 1.807) is 0 Å². The number of nitrogens with zero attached hydrogens (tertiary/aromatic N) is 1. The lowest BCUT2D eigenvalue weighted by molar-refractivity contribution is -0.260. The van der Waals surface area contributed by atoms with Crippen LogP contribution in [0.5, 0.6) is 0 Å². The number of likely N-dealkylation sites (tertiary alicyclic amines) is 1. The van der Waals surface area contributed by atoms with Crippen LogP contribution in [0, 0.1) is 11.8 Å². The molecular weight excluding hydrogens is 278 g/mol. The van der Waals surface area contributed by atoms with Gasteiger partial charge in [0.25, 0.3) is 0 Å². The Labute approximate surface area is 124 Å². The molecule has 2 aliphatic rings. The zero-order chi connectivity index (χ0) is 15.7. The third-order valence-electron chi connectivity index (χ3n) is 4.22. The van der Waals surface area contributed by atoms with E-state index in [2.05, 4.69) is 13.8 Å². The summed E-state index contributed by atoms with van der Waals surface area (Å²) in [5.74, 6) is 0.535. The van der Waals surface area contributed by atoms with Gasteiger partial charge in [0.15, 0.2) is 6.23 Å². The molecule has 122 valence electrons. The molecule has 7 nitrogen and oxygen atoms in total. The molecule has 1 amide bonds. The minimum atomic E-state index is -1.45. The SMILES string of the molecule is CC(C)C[C@@H]1CC(=O)N(C2O[C@H](CO)[C@H](O)[C@H](O)[C@H]2O)C1. The second kappa shape index (κ2) is 6.58. The first-order chi connectivity index (χ1) is 9.85. The Kier molecular flexibility index (Phi) is 5.21. The van der Waals surface area contributed by atoms with Crippen molar-refractivity contribution in [3.05, 3.63) is 0 Å². The molecule has 6 atom stereocenters. The fourth-order valence-corrected chi connectivity index (χ4v) is 3.22. The maximum atomic E-state index is 12.1. The van der Waals surface area contributed by atoms with Crippen molar-refractivity contribution in [2.24, 2.45) is 11.8 Å². The fourth-order valence-electron chi connectivity index (χ4n) is 3.22. The van der Waals surface area contributed by atoms with Gasteiger partial charge in [-0.1, -0.05) is 13.8 Å². The van der Waals surface area contributed by atoms with E-state index in [-0.39, 0.29) is 11.8 Å². The quantitative estimate of drug-likeness (QED) is 0.513. The molecule has 0 aromatic carbocycles. The first kappa shape index (κ1) is 16.6. The van der Waals surface area contributed by atoms with Crippen LogP contribution in [0.25, 0.3) is 0 Å². The van der Waals surface area contributed by atoms with Gasteiger partial charge in [-0.2, -0.15) is 0 Å². The molecule has 0 bridgehead atoms. The van der Waals surface area contributed by atoms with E-state index < -0.39 is 37.3 Å². The molecule has 2 saturated heterocycles. The Bertz CT molecular complexity index is 374. The molecule has 0 aliphatic carbocycles. The summed E-state index contributed by atoms with van der Waals surface area (Å²) in [7, 11) is 0. The zero-order valence-electron chi connectivity index (χ0n) is 12.4. The first-order valence-electron chi connectivity index (χ1n) is 7.45. The minimum Gasteiger partial charge on any atom is -0.394 e. The van der Waals surface area contributed by atoms with E-state index in [9.17, 15) is 25.2 Å². The number of rotatable bonds is 4. The van der Waals surface area contributed by atoms with E-state index in [1.807, 2.05) is 0 Å². The van der Waals surface area contributed by atoms with Crippen molar-refractivity contribution in [2.75, 3.05) is 13.2 Å². The molecule has 0 saturated carbocycles. The van der Waals surface area contributed by atoms with Crippen LogP contribution >= 0.6 is 0 Å². The topological polar surface area (TPSA) is 110 Å². The van der Waals surface area contributed by atoms with E-state index in [4.69, 9.17) is 4.74 Å². The monoisotopic (exact) mass is 303 g/mol. The predicted molar refractivity (Wildman–Crippen MR) is 73.0 cm³/mol. The molecule has 21 heavy (non-hydrogen) atoms. The normalized spacial score (nSPS) is 41.1. The summed E-state index contributed by atoms with van der Waals surface area (Å²) >= 11 is 0. The number of hydrogen-bond donors (Lipinski definition) is 4. The summed E-state index contributed by atoms with van der Waals surface area (Å²) in [6, 6.07) is 0. The van der Waals surface area contributed by atoms with Crippen molar-refractivity contribution in [1.29, 1.82) is 0 Å². The Morgan fingerprint density at radius 3 is 2.48 bits per heavy atom. The van der Waals surface area contributed by atoms with Crippen LogP contribution in [-0.4, -0.2) is 75.0 Å². The molecule has 2 fully saturated rings. The molecule has 0 aromatic rings. The van der Waals surface area contributed by atoms with Crippen LogP contribution in [0.2, 0.25) is 0 Å². The molecule has 0 aromatic heterocycles. The van der Waals surface area contributed by atoms with E-state index in [0.29, 0.717) is 18.9 Å². The molecule has 2 rings (SSSR count). The largest absolute Gasteiger partial charge is 0.394 e. The average Bonchev–Trinajstić information content (AvgIpc) is 2.76. The second-order valence-corrected chi connectivity index (χ2v) is 6.47. The zero-order valence-corrected chi connectivity index (χ0v) is 12.4. The number of ether oxygens (including phenoxy) is 1. The van der Waals surface area contributed by atoms with Crippen molar-refractivity contribution in [3.63, 3.8) is 0 Å². The van der Waals surface area contributed by atoms with Crippen LogP contribution in [0.1, 0.15) is 26.7 Å². The summed E-state index contributed by atoms with van der Waals surface area (Å²) in [4.78, 5) is 13.5. The van der Waals surface area contributed by atoms with Crippen molar-refractivity contribution >= 4 is 5.91 Å². The molecule has 1 unspecified atom stereocenters. The first-order valence-corrected chi connectivity index (χ1v) is 7.45. The lowest BCUT2D eigenvalue weighted by Gasteiger charge is -2.43. The summed E-state index contributed by atoms with van der Waals surface area (Å²) in [5.41, 5.74) is 0. The van der Waals surface area contributed by atoms with Crippen LogP contribution < -0.4 is 0 Å². The molecule has 7 heteroatoms. The van der Waals surface area contributed by atoms with Gasteiger partial charge in [-0.3, -0.25) is 4.79 Å². The van der Waals surface area contributed by atoms with Gasteiger partial charge in [0.2, 0.25) is 5.91 Å². The van der Waals surface area contributed by atoms with Gasteiger partial charge in [0, 0.05) is 13.0 Å². The van der Waals surface area contributed by atoms with Gasteiger partial charge in [0.1, 0.15) is 24.4 Å². The molecular formula is C14H25NO6. The third-order valence-corrected chi connectivity index (χ3v) is 4.22. The van der Waals surface area contributed by atoms with Gasteiger partial charge in [-0.25, -0.2) is 0 Å². The van der Waals surface area contributed by atoms with Gasteiger partial charge >= 0.3 is 0 Å². The second-order valence-electron chi connectivity index (χ2n) is 6.47. The number of aliphatic hydroxyl groups excluding tert-OH is 4. The molecule has 0 radical (unpaired) electrons. The van der Waals surface area contributed by atoms with Crippen molar-refractivity contribution in [3.8, 4) is 0 Å². The molecule has 2 heterocycles. The van der Waals surface area contributed by atoms with E-state index >= 15 is 0 Å². The predicted octanol–water partition coefficient (Wildman–Crippen LogP) is -1.32. The third kappa shape index (κ3) is 3.37. The lowest BCUT2D eigenvalue weighted by atomic mass is 9.96. The standard InChI is InChI=1S/C14H25NO6/c1-7(2)3-8-4-10(17)15(5-8)14-13(20)12(19)11(18)9(6-16)21-14/h7-9,11-14,16,18-20H,3-6H2,1-2H3/t8-,9-,11+,12+,13-,14?/m1/s1. The highest BCUT2D eigenvalue weighted by atomic mass is 16.6. The Hall–Kier alpha value is -0.730. The lowest BCUT2D eigenvalue weighted by Crippen LogP contribution is -2.63. The highest BCUT2D eigenvalue weighted by Crippen LogP contribution is 2.31. The summed E-state index contributed by atoms with van der Waals surface area (Å²) in [6.07, 6.45) is -4.93. The maximum Gasteiger partial charge on any atom is 0.225 e. The summed E-state index contributed by atoms with van der Waals surface area (Å²) < 4.78 is 5.43. The average molecular weight is 303 g/mol. The van der Waals surface area contributed by atoms with Crippen molar-refractivity contribution in [1.82, 2.24) is 4.90 Å². The van der Waals surface area contributed by atoms with Gasteiger partial charge in [-0.05, 0) is 18.3 Å². The van der Waals surface area contributed by atoms with Gasteiger partial charge in [-0.15, -0.1) is 0 Å². The Balaban J connectivity index is 2.08. The van der Waals surface area contributed by atoms with Crippen LogP contribution in [0.15, 0.2) is 0 Å². The van der Waals surface area contributed by atoms with Crippen LogP contribution in [-0.2, 0) is 9.53 Å². The van der Waals surface area contributed by atoms with Gasteiger partial charge < -0.3 is 30.1 Å². The number of aliphatic hydroxyl groups is 4. The van der Waals surface area contributed by atoms with Gasteiger partial charge in [0.05, 0.1) is 6.61 Å². The highest BCUT2D eigenvalue weighted by molar-refractivity contribution is 5.78. The Morgan fingerprint density at radius 2 is 1.90 bits per heavy atom. The Morgan fingerprint density at radius 1 is 1.24 bits per heavy atom. The van der Waals surface area contributed by atoms with E-state index in [0.717, 1.165) is 6.42 Å². The molecule has 4 N–H and O–H groups in total. The maximum absolute atomic E-state index is 12.1. The number of carbonyl (C=O) groups excluding carboxylic acids is 1. The molecule has 0 spiro atoms. The summed E-state index contributed by atoms with van der Waals surface area (Å²) in [6.45, 7) is 4.14. The highest BCUT2D eigenvalue weighted by Gasteiger charge is 2.48. The summed E-state index contributed by atoms with van der Waals surface area (Å²) in [5, 5.41) is 38.8. The van der Waals surface area contributed by atoms with Crippen LogP contribution in [0.4, 0.5) is 0 Å². The number of carbonyl (C=O) groups is 1. The minimum absolute atomic E-state index is 0.134. The number of hydrogen-bond acceptors (Lipinski definition) is 6. The van der Waals surface area contributed by atoms with E-state index in [1.165, 1.54) is 4.90 Å². The smallest absolute Gasteiger partial charge is 0.225 e. The number of amides is 1. The molecule has 2 aliphatic heterocycles.